The van der Waals surface area contributed by atoms with Crippen molar-refractivity contribution in [2.75, 3.05) is 0 Å². The summed E-state index contributed by atoms with van der Waals surface area (Å²) in [5, 5.41) is 10.4. The van der Waals surface area contributed by atoms with E-state index in [1.165, 1.54) is 87.6 Å². The van der Waals surface area contributed by atoms with Gasteiger partial charge in [-0.2, -0.15) is 0 Å². The van der Waals surface area contributed by atoms with Crippen molar-refractivity contribution in [1.82, 2.24) is 0 Å². The third kappa shape index (κ3) is 3.50. The fourth-order valence-electron chi connectivity index (χ4n) is 7.66. The molecular weight excluding hydrogens is 516 g/mol. The molecule has 8 aromatic carbocycles. The Morgan fingerprint density at radius 2 is 0.953 bits per heavy atom. The largest absolute Gasteiger partial charge is 0.0619 e. The smallest absolute Gasteiger partial charge is 0.0159 e. The maximum absolute atomic E-state index is 2.41. The van der Waals surface area contributed by atoms with Crippen LogP contribution in [0.3, 0.4) is 0 Å². The average molecular weight is 547 g/mol. The van der Waals surface area contributed by atoms with Crippen molar-refractivity contribution in [2.45, 2.75) is 19.3 Å². The Bertz CT molecular complexity index is 2400. The Kier molecular flexibility index (Phi) is 5.05. The monoisotopic (exact) mass is 546 g/mol. The average Bonchev–Trinajstić information content (AvgIpc) is 3.29. The molecule has 0 aliphatic heterocycles. The maximum atomic E-state index is 2.41. The van der Waals surface area contributed by atoms with Gasteiger partial charge in [0.2, 0.25) is 0 Å². The minimum Gasteiger partial charge on any atom is -0.0619 e. The Morgan fingerprint density at radius 3 is 1.81 bits per heavy atom. The molecule has 0 radical (unpaired) electrons. The molecule has 0 atom stereocenters. The van der Waals surface area contributed by atoms with Gasteiger partial charge in [-0.1, -0.05) is 147 Å². The predicted octanol–water partition coefficient (Wildman–Crippen LogP) is 11.9. The molecule has 0 aromatic heterocycles. The van der Waals surface area contributed by atoms with Crippen LogP contribution in [-0.2, 0) is 5.41 Å². The van der Waals surface area contributed by atoms with Gasteiger partial charge in [0.15, 0.2) is 0 Å². The first-order valence-electron chi connectivity index (χ1n) is 15.2. The normalized spacial score (nSPS) is 13.5. The van der Waals surface area contributed by atoms with Gasteiger partial charge in [0, 0.05) is 5.41 Å². The lowest BCUT2D eigenvalue weighted by Crippen LogP contribution is -2.14. The highest BCUT2D eigenvalue weighted by Crippen LogP contribution is 2.49. The Morgan fingerprint density at radius 1 is 0.349 bits per heavy atom. The summed E-state index contributed by atoms with van der Waals surface area (Å²) in [6.45, 7) is 4.70. The molecule has 202 valence electrons. The fraction of sp³-hybridized carbons (Fsp3) is 0.0698. The highest BCUT2D eigenvalue weighted by molar-refractivity contribution is 6.26. The summed E-state index contributed by atoms with van der Waals surface area (Å²) in [6, 6.07) is 54.2. The second-order valence-corrected chi connectivity index (χ2v) is 12.5. The van der Waals surface area contributed by atoms with Crippen LogP contribution in [0.1, 0.15) is 25.0 Å². The molecule has 0 nitrogen and oxygen atoms in total. The van der Waals surface area contributed by atoms with Gasteiger partial charge in [-0.15, -0.1) is 0 Å². The van der Waals surface area contributed by atoms with E-state index in [2.05, 4.69) is 159 Å². The molecule has 0 amide bonds. The van der Waals surface area contributed by atoms with E-state index in [0.717, 1.165) is 0 Å². The Balaban J connectivity index is 1.17. The van der Waals surface area contributed by atoms with E-state index >= 15 is 0 Å². The lowest BCUT2D eigenvalue weighted by Gasteiger charge is -2.22. The van der Waals surface area contributed by atoms with Crippen molar-refractivity contribution < 1.29 is 0 Å². The third-order valence-corrected chi connectivity index (χ3v) is 9.86. The van der Waals surface area contributed by atoms with Crippen LogP contribution in [0.15, 0.2) is 146 Å². The summed E-state index contributed by atoms with van der Waals surface area (Å²) >= 11 is 0. The molecule has 43 heavy (non-hydrogen) atoms. The fourth-order valence-corrected chi connectivity index (χ4v) is 7.66. The number of rotatable bonds is 2. The first-order valence-corrected chi connectivity index (χ1v) is 15.2. The summed E-state index contributed by atoms with van der Waals surface area (Å²) in [7, 11) is 0. The van der Waals surface area contributed by atoms with Gasteiger partial charge in [0.05, 0.1) is 0 Å². The third-order valence-electron chi connectivity index (χ3n) is 9.86. The lowest BCUT2D eigenvalue weighted by atomic mass is 9.81. The van der Waals surface area contributed by atoms with E-state index in [0.29, 0.717) is 0 Å². The molecule has 0 unspecified atom stereocenters. The van der Waals surface area contributed by atoms with Gasteiger partial charge in [-0.05, 0) is 99.7 Å². The molecule has 0 bridgehead atoms. The van der Waals surface area contributed by atoms with Crippen molar-refractivity contribution in [3.8, 4) is 33.4 Å². The van der Waals surface area contributed by atoms with Crippen molar-refractivity contribution in [1.29, 1.82) is 0 Å². The second-order valence-electron chi connectivity index (χ2n) is 12.5. The standard InChI is InChI=1S/C43H30/c1-43(2)40-14-8-7-12-35(40)36-23-20-30(26-41(36)43)27-15-17-29(18-16-27)39-25-31-21-22-34-32-10-4-3-9-28(32)19-24-38(34)42(31)37-13-6-5-11-33(37)39/h3-26H,1-2H3. The van der Waals surface area contributed by atoms with E-state index in [4.69, 9.17) is 0 Å². The molecule has 0 N–H and O–H groups in total. The molecular formula is C43H30. The van der Waals surface area contributed by atoms with Gasteiger partial charge in [0.25, 0.3) is 0 Å². The molecule has 8 aromatic rings. The molecule has 9 rings (SSSR count). The molecule has 1 aliphatic carbocycles. The number of hydrogen-bond donors (Lipinski definition) is 0. The van der Waals surface area contributed by atoms with Gasteiger partial charge in [-0.3, -0.25) is 0 Å². The Hall–Kier alpha value is -5.20. The molecule has 0 saturated heterocycles. The van der Waals surface area contributed by atoms with Crippen LogP contribution in [-0.4, -0.2) is 0 Å². The molecule has 0 fully saturated rings. The SMILES string of the molecule is CC1(C)c2ccccc2-c2ccc(-c3ccc(-c4cc5ccc6c7ccccc7ccc6c5c5ccccc45)cc3)cc21. The zero-order chi connectivity index (χ0) is 28.7. The molecule has 0 heterocycles. The summed E-state index contributed by atoms with van der Waals surface area (Å²) < 4.78 is 0. The summed E-state index contributed by atoms with van der Waals surface area (Å²) in [5.74, 6) is 0. The van der Waals surface area contributed by atoms with Crippen molar-refractivity contribution in [2.24, 2.45) is 0 Å². The summed E-state index contributed by atoms with van der Waals surface area (Å²) in [6.07, 6.45) is 0. The number of fused-ring (bicyclic) bond motifs is 10. The second kappa shape index (κ2) is 8.90. The van der Waals surface area contributed by atoms with Crippen LogP contribution < -0.4 is 0 Å². The van der Waals surface area contributed by atoms with Crippen molar-refractivity contribution in [3.63, 3.8) is 0 Å². The summed E-state index contributed by atoms with van der Waals surface area (Å²) in [5.41, 5.74) is 10.6. The highest BCUT2D eigenvalue weighted by Gasteiger charge is 2.35. The first kappa shape index (κ1) is 24.4. The van der Waals surface area contributed by atoms with Crippen LogP contribution in [0.25, 0.3) is 76.5 Å². The number of benzene rings is 8. The van der Waals surface area contributed by atoms with Gasteiger partial charge in [-0.25, -0.2) is 0 Å². The maximum Gasteiger partial charge on any atom is 0.0159 e. The number of hydrogen-bond acceptors (Lipinski definition) is 0. The molecule has 0 spiro atoms. The van der Waals surface area contributed by atoms with E-state index in [1.54, 1.807) is 0 Å². The van der Waals surface area contributed by atoms with Crippen LogP contribution in [0.5, 0.6) is 0 Å². The van der Waals surface area contributed by atoms with Crippen LogP contribution in [0, 0.1) is 0 Å². The topological polar surface area (TPSA) is 0 Å². The van der Waals surface area contributed by atoms with E-state index in [1.807, 2.05) is 0 Å². The van der Waals surface area contributed by atoms with Crippen LogP contribution in [0.2, 0.25) is 0 Å². The van der Waals surface area contributed by atoms with E-state index < -0.39 is 0 Å². The quantitative estimate of drug-likeness (QED) is 0.189. The Labute approximate surface area is 251 Å². The van der Waals surface area contributed by atoms with E-state index in [-0.39, 0.29) is 5.41 Å². The lowest BCUT2D eigenvalue weighted by molar-refractivity contribution is 0.660. The van der Waals surface area contributed by atoms with Crippen molar-refractivity contribution in [3.05, 3.63) is 157 Å². The van der Waals surface area contributed by atoms with Crippen LogP contribution in [0.4, 0.5) is 0 Å². The molecule has 1 aliphatic rings. The minimum absolute atomic E-state index is 0.00233. The highest BCUT2D eigenvalue weighted by atomic mass is 14.4. The first-order chi connectivity index (χ1) is 21.1. The molecule has 0 heteroatoms. The summed E-state index contributed by atoms with van der Waals surface area (Å²) in [4.78, 5) is 0. The van der Waals surface area contributed by atoms with Gasteiger partial charge in [0.1, 0.15) is 0 Å². The van der Waals surface area contributed by atoms with Gasteiger partial charge < -0.3 is 0 Å². The molecule has 0 saturated carbocycles. The zero-order valence-electron chi connectivity index (χ0n) is 24.4. The van der Waals surface area contributed by atoms with E-state index in [9.17, 15) is 0 Å². The van der Waals surface area contributed by atoms with Crippen LogP contribution >= 0.6 is 0 Å². The van der Waals surface area contributed by atoms with Crippen molar-refractivity contribution >= 4 is 43.1 Å². The zero-order valence-corrected chi connectivity index (χ0v) is 24.4. The van der Waals surface area contributed by atoms with Gasteiger partial charge >= 0.3 is 0 Å². The minimum atomic E-state index is 0.00233. The predicted molar refractivity (Wildman–Crippen MR) is 185 cm³/mol.